The second-order valence-corrected chi connectivity index (χ2v) is 4.52. The molecule has 0 unspecified atom stereocenters. The Morgan fingerprint density at radius 3 is 2.47 bits per heavy atom. The Morgan fingerprint density at radius 2 is 2.00 bits per heavy atom. The van der Waals surface area contributed by atoms with Crippen LogP contribution in [-0.4, -0.2) is 30.8 Å². The maximum absolute atomic E-state index is 11.8. The Bertz CT molecular complexity index is 408. The number of hydrogen-bond donors (Lipinski definition) is 2. The van der Waals surface area contributed by atoms with Gasteiger partial charge < -0.3 is 10.1 Å². The summed E-state index contributed by atoms with van der Waals surface area (Å²) in [6, 6.07) is 6.09. The molecule has 0 saturated heterocycles. The largest absolute Gasteiger partial charge is 0.467 e. The Hall–Kier alpha value is -1.01. The molecule has 0 saturated carbocycles. The van der Waals surface area contributed by atoms with Crippen molar-refractivity contribution in [3.63, 3.8) is 0 Å². The fourth-order valence-corrected chi connectivity index (χ4v) is 1.67. The molecule has 0 aromatic heterocycles. The molecule has 0 radical (unpaired) electrons. The van der Waals surface area contributed by atoms with Crippen molar-refractivity contribution >= 4 is 40.4 Å². The number of hydrogen-bond acceptors (Lipinski definition) is 4. The zero-order chi connectivity index (χ0) is 12.8. The van der Waals surface area contributed by atoms with Crippen LogP contribution in [0.15, 0.2) is 28.7 Å². The summed E-state index contributed by atoms with van der Waals surface area (Å²) in [7, 11) is 1.27. The Balaban J connectivity index is 2.71. The van der Waals surface area contributed by atoms with Gasteiger partial charge in [-0.2, -0.15) is 12.6 Å². The molecule has 0 fully saturated rings. The summed E-state index contributed by atoms with van der Waals surface area (Å²) in [5, 5.41) is 2.55. The summed E-state index contributed by atoms with van der Waals surface area (Å²) in [5.41, 5.74) is 0.476. The van der Waals surface area contributed by atoms with E-state index in [4.69, 9.17) is 0 Å². The molecular weight excluding hydrogens is 306 g/mol. The highest BCUT2D eigenvalue weighted by molar-refractivity contribution is 9.10. The van der Waals surface area contributed by atoms with E-state index in [0.717, 1.165) is 4.47 Å². The molecule has 0 aliphatic rings. The molecule has 1 atom stereocenters. The molecule has 1 amide bonds. The summed E-state index contributed by atoms with van der Waals surface area (Å²) >= 11 is 7.26. The van der Waals surface area contributed by atoms with Gasteiger partial charge in [-0.3, -0.25) is 4.79 Å². The molecule has 0 aliphatic heterocycles. The van der Waals surface area contributed by atoms with Crippen molar-refractivity contribution < 1.29 is 14.3 Å². The van der Waals surface area contributed by atoms with Gasteiger partial charge in [0.25, 0.3) is 5.91 Å². The molecule has 1 aromatic rings. The normalized spacial score (nSPS) is 11.7. The predicted molar refractivity (Wildman–Crippen MR) is 71.3 cm³/mol. The zero-order valence-electron chi connectivity index (χ0n) is 9.14. The third-order valence-corrected chi connectivity index (χ3v) is 2.97. The Kier molecular flexibility index (Phi) is 5.50. The average molecular weight is 318 g/mol. The average Bonchev–Trinajstić information content (AvgIpc) is 2.35. The lowest BCUT2D eigenvalue weighted by atomic mass is 10.2. The first-order valence-corrected chi connectivity index (χ1v) is 6.26. The number of carbonyl (C=O) groups is 2. The minimum Gasteiger partial charge on any atom is -0.467 e. The van der Waals surface area contributed by atoms with Crippen molar-refractivity contribution in [1.29, 1.82) is 0 Å². The van der Waals surface area contributed by atoms with Crippen LogP contribution in [0.4, 0.5) is 0 Å². The molecule has 6 heteroatoms. The maximum Gasteiger partial charge on any atom is 0.329 e. The Labute approximate surface area is 113 Å². The lowest BCUT2D eigenvalue weighted by molar-refractivity contribution is -0.142. The lowest BCUT2D eigenvalue weighted by Crippen LogP contribution is -2.42. The number of ether oxygens (including phenoxy) is 1. The van der Waals surface area contributed by atoms with Crippen molar-refractivity contribution in [3.05, 3.63) is 34.3 Å². The minimum atomic E-state index is -0.737. The van der Waals surface area contributed by atoms with Gasteiger partial charge in [0.1, 0.15) is 6.04 Å². The zero-order valence-corrected chi connectivity index (χ0v) is 11.6. The molecule has 17 heavy (non-hydrogen) atoms. The van der Waals surface area contributed by atoms with E-state index < -0.39 is 12.0 Å². The van der Waals surface area contributed by atoms with Crippen LogP contribution in [0.1, 0.15) is 10.4 Å². The minimum absolute atomic E-state index is 0.189. The number of halogens is 1. The van der Waals surface area contributed by atoms with Gasteiger partial charge in [-0.05, 0) is 24.3 Å². The standard InChI is InChI=1S/C11H12BrNO3S/c1-16-11(15)9(6-17)13-10(14)7-2-4-8(12)5-3-7/h2-5,9,17H,6H2,1H3,(H,13,14)/t9-/m0/s1. The van der Waals surface area contributed by atoms with Gasteiger partial charge in [-0.1, -0.05) is 15.9 Å². The summed E-state index contributed by atoms with van der Waals surface area (Å²) in [4.78, 5) is 23.0. The van der Waals surface area contributed by atoms with Gasteiger partial charge in [0, 0.05) is 15.8 Å². The third kappa shape index (κ3) is 4.05. The lowest BCUT2D eigenvalue weighted by Gasteiger charge is -2.13. The monoisotopic (exact) mass is 317 g/mol. The molecule has 92 valence electrons. The number of nitrogens with one attached hydrogen (secondary N) is 1. The van der Waals surface area contributed by atoms with Crippen LogP contribution in [0.3, 0.4) is 0 Å². The molecule has 1 aromatic carbocycles. The quantitative estimate of drug-likeness (QED) is 0.656. The van der Waals surface area contributed by atoms with E-state index in [9.17, 15) is 9.59 Å². The van der Waals surface area contributed by atoms with Gasteiger partial charge in [-0.15, -0.1) is 0 Å². The van der Waals surface area contributed by atoms with Crippen LogP contribution in [0.25, 0.3) is 0 Å². The number of esters is 1. The van der Waals surface area contributed by atoms with E-state index in [-0.39, 0.29) is 11.7 Å². The first-order valence-electron chi connectivity index (χ1n) is 4.83. The van der Waals surface area contributed by atoms with Gasteiger partial charge in [-0.25, -0.2) is 4.79 Å². The summed E-state index contributed by atoms with van der Waals surface area (Å²) in [6.07, 6.45) is 0. The van der Waals surface area contributed by atoms with Crippen molar-refractivity contribution in [1.82, 2.24) is 5.32 Å². The summed E-state index contributed by atoms with van der Waals surface area (Å²) in [5.74, 6) is -0.651. The Morgan fingerprint density at radius 1 is 1.41 bits per heavy atom. The van der Waals surface area contributed by atoms with Gasteiger partial charge in [0.05, 0.1) is 7.11 Å². The van der Waals surface area contributed by atoms with E-state index in [1.807, 2.05) is 0 Å². The van der Waals surface area contributed by atoms with E-state index >= 15 is 0 Å². The maximum atomic E-state index is 11.8. The SMILES string of the molecule is COC(=O)[C@H](CS)NC(=O)c1ccc(Br)cc1. The fourth-order valence-electron chi connectivity index (χ4n) is 1.16. The van der Waals surface area contributed by atoms with Crippen molar-refractivity contribution in [2.24, 2.45) is 0 Å². The van der Waals surface area contributed by atoms with Crippen LogP contribution >= 0.6 is 28.6 Å². The van der Waals surface area contributed by atoms with E-state index in [0.29, 0.717) is 5.56 Å². The van der Waals surface area contributed by atoms with Crippen LogP contribution in [0, 0.1) is 0 Å². The van der Waals surface area contributed by atoms with Crippen LogP contribution in [-0.2, 0) is 9.53 Å². The second-order valence-electron chi connectivity index (χ2n) is 3.24. The molecule has 0 bridgehead atoms. The van der Waals surface area contributed by atoms with Gasteiger partial charge in [0.15, 0.2) is 0 Å². The smallest absolute Gasteiger partial charge is 0.329 e. The van der Waals surface area contributed by atoms with Crippen molar-refractivity contribution in [2.45, 2.75) is 6.04 Å². The van der Waals surface area contributed by atoms with E-state index in [1.54, 1.807) is 24.3 Å². The number of rotatable bonds is 4. The van der Waals surface area contributed by atoms with E-state index in [1.165, 1.54) is 7.11 Å². The molecule has 4 nitrogen and oxygen atoms in total. The topological polar surface area (TPSA) is 55.4 Å². The third-order valence-electron chi connectivity index (χ3n) is 2.08. The van der Waals surface area contributed by atoms with Gasteiger partial charge >= 0.3 is 5.97 Å². The van der Waals surface area contributed by atoms with Crippen LogP contribution < -0.4 is 5.32 Å². The molecule has 0 heterocycles. The highest BCUT2D eigenvalue weighted by atomic mass is 79.9. The number of methoxy groups -OCH3 is 1. The van der Waals surface area contributed by atoms with Crippen molar-refractivity contribution in [2.75, 3.05) is 12.9 Å². The first kappa shape index (κ1) is 14.1. The number of amides is 1. The van der Waals surface area contributed by atoms with Gasteiger partial charge in [0.2, 0.25) is 0 Å². The molecule has 1 rings (SSSR count). The van der Waals surface area contributed by atoms with Crippen LogP contribution in [0.5, 0.6) is 0 Å². The molecular formula is C11H12BrNO3S. The first-order chi connectivity index (χ1) is 8.08. The number of benzene rings is 1. The molecule has 0 aliphatic carbocycles. The summed E-state index contributed by atoms with van der Waals surface area (Å²) in [6.45, 7) is 0. The van der Waals surface area contributed by atoms with Crippen LogP contribution in [0.2, 0.25) is 0 Å². The second kappa shape index (κ2) is 6.66. The predicted octanol–water partition coefficient (Wildman–Crippen LogP) is 1.65. The number of carbonyl (C=O) groups excluding carboxylic acids is 2. The van der Waals surface area contributed by atoms with E-state index in [2.05, 4.69) is 38.6 Å². The highest BCUT2D eigenvalue weighted by Gasteiger charge is 2.20. The number of thiol groups is 1. The highest BCUT2D eigenvalue weighted by Crippen LogP contribution is 2.10. The fraction of sp³-hybridized carbons (Fsp3) is 0.273. The molecule has 0 spiro atoms. The molecule has 1 N–H and O–H groups in total. The van der Waals surface area contributed by atoms with Crippen molar-refractivity contribution in [3.8, 4) is 0 Å². The summed E-state index contributed by atoms with van der Waals surface area (Å²) < 4.78 is 5.43.